The highest BCUT2D eigenvalue weighted by Gasteiger charge is 2.30. The first-order valence-corrected chi connectivity index (χ1v) is 9.58. The smallest absolute Gasteiger partial charge is 0.332 e. The van der Waals surface area contributed by atoms with Gasteiger partial charge in [-0.05, 0) is 25.0 Å². The van der Waals surface area contributed by atoms with Crippen LogP contribution in [0.2, 0.25) is 0 Å². The standard InChI is InChI=1S/C21H25N5O3/c1-13(2)10-26-19(27)17-18(23(4)21(26)28)22-20-24(11-14(3)12-25(17)20)15-8-6-7-9-16(15)29-5/h6-9,14H,1,10-12H2,2-5H3/t14-/m0/s1. The van der Waals surface area contributed by atoms with Crippen LogP contribution in [0.25, 0.3) is 11.2 Å². The van der Waals surface area contributed by atoms with Gasteiger partial charge in [0.2, 0.25) is 5.95 Å². The Morgan fingerprint density at radius 1 is 1.28 bits per heavy atom. The molecule has 8 nitrogen and oxygen atoms in total. The molecular formula is C21H25N5O3. The Kier molecular flexibility index (Phi) is 4.56. The minimum atomic E-state index is -0.391. The average Bonchev–Trinajstić information content (AvgIpc) is 3.08. The van der Waals surface area contributed by atoms with Gasteiger partial charge in [0.05, 0.1) is 19.3 Å². The number of aryl methyl sites for hydroxylation is 1. The van der Waals surface area contributed by atoms with Gasteiger partial charge in [-0.1, -0.05) is 31.2 Å². The Morgan fingerprint density at radius 3 is 2.69 bits per heavy atom. The van der Waals surface area contributed by atoms with Crippen LogP contribution in [-0.2, 0) is 20.1 Å². The first kappa shape index (κ1) is 19.0. The number of aromatic nitrogens is 4. The van der Waals surface area contributed by atoms with Crippen LogP contribution in [-0.4, -0.2) is 32.3 Å². The molecule has 0 fully saturated rings. The molecule has 0 radical (unpaired) electrons. The number of benzene rings is 1. The van der Waals surface area contributed by atoms with E-state index >= 15 is 0 Å². The van der Waals surface area contributed by atoms with Crippen molar-refractivity contribution in [3.8, 4) is 5.75 Å². The monoisotopic (exact) mass is 395 g/mol. The number of fused-ring (bicyclic) bond motifs is 3. The summed E-state index contributed by atoms with van der Waals surface area (Å²) >= 11 is 0. The summed E-state index contributed by atoms with van der Waals surface area (Å²) in [6, 6.07) is 7.73. The molecule has 3 heterocycles. The topological polar surface area (TPSA) is 74.3 Å². The molecule has 3 aromatic rings. The second-order valence-electron chi connectivity index (χ2n) is 7.77. The predicted molar refractivity (Wildman–Crippen MR) is 113 cm³/mol. The lowest BCUT2D eigenvalue weighted by molar-refractivity contribution is 0.409. The normalized spacial score (nSPS) is 16.1. The maximum Gasteiger partial charge on any atom is 0.332 e. The summed E-state index contributed by atoms with van der Waals surface area (Å²) in [7, 11) is 3.28. The Balaban J connectivity index is 2.03. The molecule has 1 aromatic carbocycles. The Morgan fingerprint density at radius 2 is 2.00 bits per heavy atom. The first-order chi connectivity index (χ1) is 13.8. The summed E-state index contributed by atoms with van der Waals surface area (Å²) in [5.41, 5.74) is 1.73. The van der Waals surface area contributed by atoms with Crippen molar-refractivity contribution >= 4 is 22.8 Å². The van der Waals surface area contributed by atoms with E-state index in [-0.39, 0.29) is 18.0 Å². The van der Waals surface area contributed by atoms with Crippen molar-refractivity contribution in [1.29, 1.82) is 0 Å². The minimum absolute atomic E-state index is 0.188. The maximum absolute atomic E-state index is 13.2. The van der Waals surface area contributed by atoms with Crippen LogP contribution in [0.1, 0.15) is 13.8 Å². The van der Waals surface area contributed by atoms with E-state index in [1.807, 2.05) is 28.8 Å². The van der Waals surface area contributed by atoms with E-state index in [9.17, 15) is 9.59 Å². The van der Waals surface area contributed by atoms with Crippen molar-refractivity contribution in [2.45, 2.75) is 26.9 Å². The van der Waals surface area contributed by atoms with Gasteiger partial charge < -0.3 is 14.2 Å². The maximum atomic E-state index is 13.2. The van der Waals surface area contributed by atoms with Gasteiger partial charge in [0.15, 0.2) is 11.2 Å². The van der Waals surface area contributed by atoms with Crippen LogP contribution in [0.3, 0.4) is 0 Å². The van der Waals surface area contributed by atoms with Crippen molar-refractivity contribution in [3.05, 3.63) is 57.3 Å². The number of nitrogens with zero attached hydrogens (tertiary/aromatic N) is 5. The van der Waals surface area contributed by atoms with Crippen LogP contribution in [0.15, 0.2) is 46.0 Å². The summed E-state index contributed by atoms with van der Waals surface area (Å²) in [5.74, 6) is 1.65. The number of allylic oxidation sites excluding steroid dienone is 1. The van der Waals surface area contributed by atoms with E-state index in [4.69, 9.17) is 9.72 Å². The Hall–Kier alpha value is -3.29. The molecular weight excluding hydrogens is 370 g/mol. The SMILES string of the molecule is C=C(C)Cn1c(=O)c2c(nc3n2C[C@@H](C)CN3c2ccccc2OC)n(C)c1=O. The minimum Gasteiger partial charge on any atom is -0.495 e. The number of ether oxygens (including phenoxy) is 1. The number of hydrogen-bond acceptors (Lipinski definition) is 5. The number of rotatable bonds is 4. The van der Waals surface area contributed by atoms with Gasteiger partial charge in [0.1, 0.15) is 5.75 Å². The van der Waals surface area contributed by atoms with Crippen molar-refractivity contribution in [1.82, 2.24) is 18.7 Å². The van der Waals surface area contributed by atoms with Crippen LogP contribution in [0, 0.1) is 5.92 Å². The van der Waals surface area contributed by atoms with Crippen LogP contribution in [0.5, 0.6) is 5.75 Å². The van der Waals surface area contributed by atoms with Gasteiger partial charge in [0, 0.05) is 20.1 Å². The van der Waals surface area contributed by atoms with E-state index in [0.29, 0.717) is 23.7 Å². The number of hydrogen-bond donors (Lipinski definition) is 0. The van der Waals surface area contributed by atoms with Gasteiger partial charge in [-0.3, -0.25) is 13.9 Å². The zero-order chi connectivity index (χ0) is 20.9. The summed E-state index contributed by atoms with van der Waals surface area (Å²) in [6.45, 7) is 9.35. The summed E-state index contributed by atoms with van der Waals surface area (Å²) < 4.78 is 10.1. The van der Waals surface area contributed by atoms with Gasteiger partial charge >= 0.3 is 5.69 Å². The van der Waals surface area contributed by atoms with Gasteiger partial charge in [-0.15, -0.1) is 0 Å². The van der Waals surface area contributed by atoms with Gasteiger partial charge in [-0.2, -0.15) is 4.98 Å². The lowest BCUT2D eigenvalue weighted by Gasteiger charge is -2.33. The summed E-state index contributed by atoms with van der Waals surface area (Å²) in [4.78, 5) is 32.8. The lowest BCUT2D eigenvalue weighted by atomic mass is 10.1. The van der Waals surface area contributed by atoms with Crippen LogP contribution >= 0.6 is 0 Å². The molecule has 0 N–H and O–H groups in total. The van der Waals surface area contributed by atoms with Crippen molar-refractivity contribution in [2.75, 3.05) is 18.6 Å². The molecule has 0 unspecified atom stereocenters. The molecule has 1 aliphatic heterocycles. The Bertz CT molecular complexity index is 1230. The number of imidazole rings is 1. The van der Waals surface area contributed by atoms with E-state index in [1.165, 1.54) is 9.13 Å². The highest BCUT2D eigenvalue weighted by Crippen LogP contribution is 2.37. The molecule has 4 rings (SSSR count). The van der Waals surface area contributed by atoms with E-state index in [0.717, 1.165) is 23.6 Å². The van der Waals surface area contributed by atoms with Crippen LogP contribution < -0.4 is 20.9 Å². The molecule has 0 saturated heterocycles. The molecule has 2 aromatic heterocycles. The molecule has 152 valence electrons. The van der Waals surface area contributed by atoms with E-state index in [1.54, 1.807) is 21.1 Å². The third-order valence-electron chi connectivity index (χ3n) is 5.25. The second kappa shape index (κ2) is 6.95. The van der Waals surface area contributed by atoms with Gasteiger partial charge in [-0.25, -0.2) is 4.79 Å². The molecule has 1 aliphatic rings. The zero-order valence-corrected chi connectivity index (χ0v) is 17.2. The third kappa shape index (κ3) is 2.95. The highest BCUT2D eigenvalue weighted by molar-refractivity contribution is 5.78. The molecule has 0 aliphatic carbocycles. The fourth-order valence-electron chi connectivity index (χ4n) is 3.97. The second-order valence-corrected chi connectivity index (χ2v) is 7.77. The van der Waals surface area contributed by atoms with Crippen molar-refractivity contribution in [3.63, 3.8) is 0 Å². The summed E-state index contributed by atoms with van der Waals surface area (Å²) in [6.07, 6.45) is 0. The molecule has 0 amide bonds. The number of anilines is 2. The van der Waals surface area contributed by atoms with Crippen molar-refractivity contribution in [2.24, 2.45) is 13.0 Å². The third-order valence-corrected chi connectivity index (χ3v) is 5.25. The lowest BCUT2D eigenvalue weighted by Crippen LogP contribution is -2.40. The number of methoxy groups -OCH3 is 1. The zero-order valence-electron chi connectivity index (χ0n) is 17.2. The molecule has 1 atom stereocenters. The molecule has 29 heavy (non-hydrogen) atoms. The fourth-order valence-corrected chi connectivity index (χ4v) is 3.97. The summed E-state index contributed by atoms with van der Waals surface area (Å²) in [5, 5.41) is 0. The predicted octanol–water partition coefficient (Wildman–Crippen LogP) is 2.27. The van der Waals surface area contributed by atoms with Crippen LogP contribution in [0.4, 0.5) is 11.6 Å². The van der Waals surface area contributed by atoms with E-state index in [2.05, 4.69) is 18.4 Å². The van der Waals surface area contributed by atoms with Crippen molar-refractivity contribution < 1.29 is 4.74 Å². The largest absolute Gasteiger partial charge is 0.495 e. The first-order valence-electron chi connectivity index (χ1n) is 9.58. The molecule has 0 spiro atoms. The fraction of sp³-hybridized carbons (Fsp3) is 0.381. The highest BCUT2D eigenvalue weighted by atomic mass is 16.5. The van der Waals surface area contributed by atoms with E-state index < -0.39 is 5.69 Å². The molecule has 0 bridgehead atoms. The molecule has 8 heteroatoms. The molecule has 0 saturated carbocycles. The Labute approximate surface area is 168 Å². The van der Waals surface area contributed by atoms with Gasteiger partial charge in [0.25, 0.3) is 5.56 Å². The number of para-hydroxylation sites is 2. The quantitative estimate of drug-likeness (QED) is 0.634. The average molecular weight is 395 g/mol.